The van der Waals surface area contributed by atoms with Crippen LogP contribution in [0.15, 0.2) is 77.8 Å². The molecule has 7 amide bonds. The summed E-state index contributed by atoms with van der Waals surface area (Å²) < 4.78 is 1.73. The van der Waals surface area contributed by atoms with E-state index in [4.69, 9.17) is 4.84 Å². The summed E-state index contributed by atoms with van der Waals surface area (Å²) >= 11 is 1.35. The molecule has 0 spiro atoms. The fourth-order valence-corrected chi connectivity index (χ4v) is 8.18. The number of benzene rings is 2. The number of aromatic nitrogens is 3. The Morgan fingerprint density at radius 1 is 0.719 bits per heavy atom. The van der Waals surface area contributed by atoms with Gasteiger partial charge in [-0.05, 0) is 68.4 Å². The lowest BCUT2D eigenvalue weighted by atomic mass is 10.1. The second-order valence-corrected chi connectivity index (χ2v) is 17.2. The number of nitrogens with zero attached hydrogens (tertiary/aromatic N) is 5. The highest BCUT2D eigenvalue weighted by Crippen LogP contribution is 2.32. The van der Waals surface area contributed by atoms with E-state index >= 15 is 0 Å². The molecule has 1 fully saturated rings. The number of hydroxylamine groups is 1. The van der Waals surface area contributed by atoms with Gasteiger partial charge in [-0.25, -0.2) is 5.48 Å². The fraction of sp³-hybridized carbons (Fsp3) is 0.500. The Bertz CT molecular complexity index is 2030. The number of hydrogen-bond donors (Lipinski definition) is 4. The van der Waals surface area contributed by atoms with E-state index < -0.39 is 5.25 Å². The van der Waals surface area contributed by atoms with Crippen LogP contribution in [0.2, 0.25) is 0 Å². The zero-order valence-electron chi connectivity index (χ0n) is 36.5. The van der Waals surface area contributed by atoms with Crippen LogP contribution in [-0.4, -0.2) is 97.6 Å². The average Bonchev–Trinajstić information content (AvgIpc) is 3.99. The van der Waals surface area contributed by atoms with Crippen molar-refractivity contribution in [3.63, 3.8) is 0 Å². The summed E-state index contributed by atoms with van der Waals surface area (Å²) in [5.74, 6) is -0.751. The van der Waals surface area contributed by atoms with Gasteiger partial charge in [0, 0.05) is 81.5 Å². The van der Waals surface area contributed by atoms with Gasteiger partial charge in [-0.15, -0.1) is 16.9 Å². The maximum Gasteiger partial charge on any atom is 0.246 e. The van der Waals surface area contributed by atoms with Crippen molar-refractivity contribution >= 4 is 58.8 Å². The second kappa shape index (κ2) is 27.3. The summed E-state index contributed by atoms with van der Waals surface area (Å²) in [6.07, 6.45) is 14.4. The molecule has 0 aliphatic carbocycles. The number of imide groups is 1. The summed E-state index contributed by atoms with van der Waals surface area (Å²) in [5.41, 5.74) is 4.77. The van der Waals surface area contributed by atoms with Gasteiger partial charge in [0.15, 0.2) is 0 Å². The summed E-state index contributed by atoms with van der Waals surface area (Å²) in [6, 6.07) is 16.8. The number of carbonyl (C=O) groups is 7. The molecule has 1 unspecified atom stereocenters. The van der Waals surface area contributed by atoms with Crippen LogP contribution in [0, 0.1) is 0 Å². The van der Waals surface area contributed by atoms with Crippen LogP contribution in [-0.2, 0) is 58.1 Å². The number of anilines is 1. The lowest BCUT2D eigenvalue weighted by molar-refractivity contribution is -0.138. The Labute approximate surface area is 378 Å². The maximum atomic E-state index is 13.1. The zero-order chi connectivity index (χ0) is 45.4. The van der Waals surface area contributed by atoms with Gasteiger partial charge in [-0.2, -0.15) is 0 Å². The standard InChI is InChI=1S/C46H61N9O8S/c56-40(47-26-30-53-27-14-21-44(53)60)17-10-4-12-28-54-33-37(50-52-54)32-48-41(57)18-11-5-13-29-55-45(61)31-39(46(55)62)64-38-24-22-35(23-25-38)34-63-51-43(59)20-9-2-1-8-19-42(58)49-36-15-6-3-7-16-36/h3,6-7,14-16,21-25,33,39H,1-2,4-5,8-13,17-20,26-32,34H2,(H,47,56)(H,48,57)(H,49,58)(H,51,59). The Hall–Kier alpha value is -5.88. The van der Waals surface area contributed by atoms with Crippen LogP contribution in [0.5, 0.6) is 0 Å². The van der Waals surface area contributed by atoms with Crippen molar-refractivity contribution < 1.29 is 38.4 Å². The van der Waals surface area contributed by atoms with Crippen LogP contribution in [0.25, 0.3) is 0 Å². The van der Waals surface area contributed by atoms with E-state index in [1.807, 2.05) is 60.7 Å². The third kappa shape index (κ3) is 18.1. The van der Waals surface area contributed by atoms with Crippen molar-refractivity contribution in [1.29, 1.82) is 0 Å². The molecule has 17 nitrogen and oxygen atoms in total. The summed E-state index contributed by atoms with van der Waals surface area (Å²) in [5, 5.41) is 16.4. The second-order valence-electron chi connectivity index (χ2n) is 15.9. The van der Waals surface area contributed by atoms with Crippen LogP contribution in [0.1, 0.15) is 108 Å². The number of aryl methyl sites for hydroxylation is 1. The number of hydrogen-bond acceptors (Lipinski definition) is 11. The molecule has 18 heteroatoms. The molecule has 1 saturated heterocycles. The lowest BCUT2D eigenvalue weighted by Gasteiger charge is -2.15. The maximum absolute atomic E-state index is 13.1. The summed E-state index contributed by atoms with van der Waals surface area (Å²) in [4.78, 5) is 95.4. The number of para-hydroxylation sites is 1. The molecule has 1 aromatic heterocycles. The predicted octanol–water partition coefficient (Wildman–Crippen LogP) is 4.98. The summed E-state index contributed by atoms with van der Waals surface area (Å²) in [7, 11) is 0. The molecule has 4 N–H and O–H groups in total. The molecule has 2 aliphatic rings. The van der Waals surface area contributed by atoms with E-state index in [1.54, 1.807) is 21.9 Å². The Kier molecular flexibility index (Phi) is 21.0. The monoisotopic (exact) mass is 899 g/mol. The highest BCUT2D eigenvalue weighted by Gasteiger charge is 2.38. The fourth-order valence-electron chi connectivity index (χ4n) is 7.10. The highest BCUT2D eigenvalue weighted by atomic mass is 32.2. The molecular formula is C46H61N9O8S. The van der Waals surface area contributed by atoms with E-state index in [1.165, 1.54) is 16.7 Å². The minimum Gasteiger partial charge on any atom is -0.354 e. The van der Waals surface area contributed by atoms with Crippen LogP contribution in [0.4, 0.5) is 5.69 Å². The third-order valence-corrected chi connectivity index (χ3v) is 11.9. The van der Waals surface area contributed by atoms with Gasteiger partial charge in [-0.3, -0.25) is 48.0 Å². The van der Waals surface area contributed by atoms with E-state index in [-0.39, 0.29) is 60.9 Å². The van der Waals surface area contributed by atoms with Crippen molar-refractivity contribution in [3.8, 4) is 0 Å². The first-order valence-electron chi connectivity index (χ1n) is 22.4. The van der Waals surface area contributed by atoms with Gasteiger partial charge in [0.1, 0.15) is 5.69 Å². The number of amides is 7. The molecule has 3 heterocycles. The van der Waals surface area contributed by atoms with E-state index in [0.717, 1.165) is 54.7 Å². The highest BCUT2D eigenvalue weighted by molar-refractivity contribution is 8.00. The molecule has 2 aliphatic heterocycles. The lowest BCUT2D eigenvalue weighted by Crippen LogP contribution is -2.35. The van der Waals surface area contributed by atoms with Gasteiger partial charge in [0.2, 0.25) is 41.4 Å². The predicted molar refractivity (Wildman–Crippen MR) is 241 cm³/mol. The van der Waals surface area contributed by atoms with Crippen molar-refractivity contribution in [3.05, 3.63) is 84.2 Å². The Morgan fingerprint density at radius 3 is 2.08 bits per heavy atom. The van der Waals surface area contributed by atoms with E-state index in [0.29, 0.717) is 89.8 Å². The first-order chi connectivity index (χ1) is 31.1. The minimum atomic E-state index is -0.495. The molecule has 0 bridgehead atoms. The SMILES string of the molecule is O=C(CCCCCn1cc(CNC(=O)CCCCCN2C(=O)CC(Sc3ccc(CONC(=O)CCCCCCC(=O)Nc4ccccc4)cc3)C2=O)nn1)NCCN1CC=CC1=O. The minimum absolute atomic E-state index is 0.0137. The van der Waals surface area contributed by atoms with Gasteiger partial charge in [-0.1, -0.05) is 67.3 Å². The van der Waals surface area contributed by atoms with Crippen molar-refractivity contribution in [2.24, 2.45) is 0 Å². The number of thioether (sulfide) groups is 1. The first kappa shape index (κ1) is 49.1. The topological polar surface area (TPSA) is 214 Å². The van der Waals surface area contributed by atoms with Crippen LogP contribution < -0.4 is 21.4 Å². The largest absolute Gasteiger partial charge is 0.354 e. The smallest absolute Gasteiger partial charge is 0.246 e. The van der Waals surface area contributed by atoms with Crippen LogP contribution in [0.3, 0.4) is 0 Å². The molecule has 3 aromatic rings. The molecule has 0 radical (unpaired) electrons. The third-order valence-electron chi connectivity index (χ3n) is 10.7. The molecule has 2 aromatic carbocycles. The number of likely N-dealkylation sites (tertiary alicyclic amines) is 1. The average molecular weight is 900 g/mol. The van der Waals surface area contributed by atoms with Gasteiger partial charge in [0.05, 0.1) is 24.6 Å². The van der Waals surface area contributed by atoms with Gasteiger partial charge in [0.25, 0.3) is 0 Å². The molecule has 64 heavy (non-hydrogen) atoms. The normalized spacial score (nSPS) is 14.6. The quantitative estimate of drug-likeness (QED) is 0.0398. The summed E-state index contributed by atoms with van der Waals surface area (Å²) in [6.45, 7) is 2.98. The zero-order valence-corrected chi connectivity index (χ0v) is 37.3. The van der Waals surface area contributed by atoms with Crippen molar-refractivity contribution in [1.82, 2.24) is 40.9 Å². The first-order valence-corrected chi connectivity index (χ1v) is 23.2. The Morgan fingerprint density at radius 2 is 1.38 bits per heavy atom. The molecule has 344 valence electrons. The van der Waals surface area contributed by atoms with Crippen LogP contribution >= 0.6 is 11.8 Å². The molecule has 5 rings (SSSR count). The number of rotatable bonds is 30. The number of nitrogens with one attached hydrogen (secondary N) is 4. The number of unbranched alkanes of at least 4 members (excludes halogenated alkanes) is 7. The van der Waals surface area contributed by atoms with Crippen molar-refractivity contribution in [2.75, 3.05) is 31.5 Å². The molecular weight excluding hydrogens is 839 g/mol. The van der Waals surface area contributed by atoms with Gasteiger partial charge < -0.3 is 20.9 Å². The van der Waals surface area contributed by atoms with E-state index in [2.05, 4.69) is 31.7 Å². The molecule has 0 saturated carbocycles. The molecule has 1 atom stereocenters. The van der Waals surface area contributed by atoms with E-state index in [9.17, 15) is 33.6 Å². The van der Waals surface area contributed by atoms with Crippen molar-refractivity contribution in [2.45, 2.75) is 126 Å². The van der Waals surface area contributed by atoms with Gasteiger partial charge >= 0.3 is 0 Å². The number of carbonyl (C=O) groups excluding carboxylic acids is 7. The Balaban J connectivity index is 0.838.